The maximum atomic E-state index is 10.8. The molecule has 0 rings (SSSR count). The van der Waals surface area contributed by atoms with Crippen molar-refractivity contribution in [1.29, 1.82) is 0 Å². The number of hydrogen-bond acceptors (Lipinski definition) is 2. The Kier molecular flexibility index (Phi) is 5.32. The van der Waals surface area contributed by atoms with Gasteiger partial charge in [-0.25, -0.2) is 4.79 Å². The smallest absolute Gasteiger partial charge is 0.412 e. The minimum atomic E-state index is -0.220. The van der Waals surface area contributed by atoms with Gasteiger partial charge in [0.2, 0.25) is 0 Å². The van der Waals surface area contributed by atoms with Crippen LogP contribution in [0.3, 0.4) is 0 Å². The summed E-state index contributed by atoms with van der Waals surface area (Å²) in [6.07, 6.45) is 0.662. The first-order valence-corrected chi connectivity index (χ1v) is 4.75. The monoisotopic (exact) mass is 163 g/mol. The first-order valence-electron chi connectivity index (χ1n) is 3.30. The fourth-order valence-electron chi connectivity index (χ4n) is 0.377. The Morgan fingerprint density at radius 2 is 2.30 bits per heavy atom. The number of hydrogen-bond donors (Lipinski definition) is 0. The quantitative estimate of drug-likeness (QED) is 0.592. The molecule has 0 saturated carbocycles. The summed E-state index contributed by atoms with van der Waals surface area (Å²) in [5.74, 6) is 0. The van der Waals surface area contributed by atoms with E-state index in [4.69, 9.17) is 4.74 Å². The highest BCUT2D eigenvalue weighted by atomic mass is 31.1. The molecule has 1 amide bonds. The van der Waals surface area contributed by atoms with Crippen molar-refractivity contribution in [2.24, 2.45) is 0 Å². The number of rotatable bonds is 3. The topological polar surface area (TPSA) is 29.5 Å². The number of carbonyl (C=O) groups excluding carboxylic acids is 1. The second-order valence-corrected chi connectivity index (χ2v) is 3.02. The van der Waals surface area contributed by atoms with Gasteiger partial charge < -0.3 is 4.74 Å². The van der Waals surface area contributed by atoms with Crippen LogP contribution in [0.15, 0.2) is 0 Å². The normalized spacial score (nSPS) is 10.3. The maximum absolute atomic E-state index is 10.8. The molecular weight excluding hydrogens is 149 g/mol. The molecule has 0 N–H and O–H groups in total. The first kappa shape index (κ1) is 9.70. The van der Waals surface area contributed by atoms with E-state index < -0.39 is 0 Å². The van der Waals surface area contributed by atoms with Crippen molar-refractivity contribution >= 4 is 14.8 Å². The van der Waals surface area contributed by atoms with Gasteiger partial charge in [-0.1, -0.05) is 6.92 Å². The van der Waals surface area contributed by atoms with E-state index >= 15 is 0 Å². The highest BCUT2D eigenvalue weighted by molar-refractivity contribution is 7.35. The molecule has 0 aromatic heterocycles. The molecular formula is C6H14NO2P. The SMILES string of the molecule is CCCOC(=O)N(C)PC. The van der Waals surface area contributed by atoms with E-state index in [9.17, 15) is 4.79 Å². The van der Waals surface area contributed by atoms with Gasteiger partial charge in [0.1, 0.15) is 0 Å². The highest BCUT2D eigenvalue weighted by Gasteiger charge is 2.04. The van der Waals surface area contributed by atoms with E-state index in [0.29, 0.717) is 15.3 Å². The summed E-state index contributed by atoms with van der Waals surface area (Å²) in [5, 5.41) is 0. The fraction of sp³-hybridized carbons (Fsp3) is 0.833. The predicted octanol–water partition coefficient (Wildman–Crippen LogP) is 1.69. The van der Waals surface area contributed by atoms with Gasteiger partial charge in [0, 0.05) is 7.05 Å². The predicted molar refractivity (Wildman–Crippen MR) is 43.6 cm³/mol. The number of nitrogens with zero attached hydrogens (tertiary/aromatic N) is 1. The minimum absolute atomic E-state index is 0.220. The van der Waals surface area contributed by atoms with Crippen LogP contribution in [0.2, 0.25) is 0 Å². The third kappa shape index (κ3) is 3.67. The molecule has 0 spiro atoms. The third-order valence-electron chi connectivity index (χ3n) is 1.04. The molecule has 3 nitrogen and oxygen atoms in total. The lowest BCUT2D eigenvalue weighted by Gasteiger charge is -2.13. The van der Waals surface area contributed by atoms with Crippen LogP contribution >= 0.6 is 8.73 Å². The molecule has 4 heteroatoms. The highest BCUT2D eigenvalue weighted by Crippen LogP contribution is 2.09. The molecule has 0 heterocycles. The first-order chi connectivity index (χ1) is 4.72. The standard InChI is InChI=1S/C6H14NO2P/c1-4-5-9-6(8)7(2)10-3/h10H,4-5H2,1-3H3. The Hall–Kier alpha value is -0.300. The van der Waals surface area contributed by atoms with Crippen LogP contribution in [0.4, 0.5) is 4.79 Å². The van der Waals surface area contributed by atoms with Crippen LogP contribution in [0, 0.1) is 0 Å². The zero-order valence-corrected chi connectivity index (χ0v) is 7.68. The van der Waals surface area contributed by atoms with Crippen LogP contribution in [-0.4, -0.2) is 31.1 Å². The summed E-state index contributed by atoms with van der Waals surface area (Å²) < 4.78 is 6.40. The number of amides is 1. The molecule has 0 radical (unpaired) electrons. The van der Waals surface area contributed by atoms with Gasteiger partial charge in [-0.3, -0.25) is 4.67 Å². The van der Waals surface area contributed by atoms with Crippen molar-refractivity contribution in [2.45, 2.75) is 13.3 Å². The molecule has 10 heavy (non-hydrogen) atoms. The Morgan fingerprint density at radius 3 is 2.70 bits per heavy atom. The van der Waals surface area contributed by atoms with E-state index in [1.165, 1.54) is 0 Å². The molecule has 0 saturated heterocycles. The molecule has 0 fully saturated rings. The minimum Gasteiger partial charge on any atom is -0.449 e. The number of ether oxygens (including phenoxy) is 1. The van der Waals surface area contributed by atoms with Gasteiger partial charge in [0.25, 0.3) is 0 Å². The second-order valence-electron chi connectivity index (χ2n) is 1.90. The lowest BCUT2D eigenvalue weighted by molar-refractivity contribution is 0.132. The summed E-state index contributed by atoms with van der Waals surface area (Å²) in [6.45, 7) is 4.43. The molecule has 1 atom stereocenters. The molecule has 0 aliphatic rings. The lowest BCUT2D eigenvalue weighted by Crippen LogP contribution is -2.19. The molecule has 0 aromatic carbocycles. The molecule has 0 aromatic rings. The van der Waals surface area contributed by atoms with Crippen molar-refractivity contribution in [3.05, 3.63) is 0 Å². The summed E-state index contributed by atoms with van der Waals surface area (Å²) in [7, 11) is 2.21. The van der Waals surface area contributed by atoms with E-state index in [-0.39, 0.29) is 6.09 Å². The molecule has 0 bridgehead atoms. The average molecular weight is 163 g/mol. The summed E-state index contributed by atoms with van der Waals surface area (Å²) in [5.41, 5.74) is 0. The third-order valence-corrected chi connectivity index (χ3v) is 1.89. The van der Waals surface area contributed by atoms with Gasteiger partial charge in [0.05, 0.1) is 6.61 Å². The Morgan fingerprint density at radius 1 is 1.70 bits per heavy atom. The number of carbonyl (C=O) groups is 1. The van der Waals surface area contributed by atoms with E-state index in [2.05, 4.69) is 0 Å². The maximum Gasteiger partial charge on any atom is 0.412 e. The van der Waals surface area contributed by atoms with Gasteiger partial charge in [-0.15, -0.1) is 0 Å². The molecule has 0 aliphatic carbocycles. The van der Waals surface area contributed by atoms with Crippen molar-refractivity contribution in [3.8, 4) is 0 Å². The van der Waals surface area contributed by atoms with Gasteiger partial charge in [-0.2, -0.15) is 0 Å². The lowest BCUT2D eigenvalue weighted by atomic mass is 10.5. The van der Waals surface area contributed by atoms with Crippen molar-refractivity contribution in [1.82, 2.24) is 4.67 Å². The van der Waals surface area contributed by atoms with E-state index in [1.807, 2.05) is 13.6 Å². The van der Waals surface area contributed by atoms with Gasteiger partial charge in [-0.05, 0) is 21.8 Å². The Balaban J connectivity index is 3.42. The van der Waals surface area contributed by atoms with Crippen LogP contribution in [0.1, 0.15) is 13.3 Å². The van der Waals surface area contributed by atoms with Crippen molar-refractivity contribution in [2.75, 3.05) is 20.3 Å². The Labute approximate surface area is 63.6 Å². The zero-order valence-electron chi connectivity index (χ0n) is 6.68. The summed E-state index contributed by atoms with van der Waals surface area (Å²) in [6, 6.07) is 0. The van der Waals surface area contributed by atoms with E-state index in [0.717, 1.165) is 6.42 Å². The van der Waals surface area contributed by atoms with Crippen molar-refractivity contribution < 1.29 is 9.53 Å². The molecule has 1 unspecified atom stereocenters. The fourth-order valence-corrected chi connectivity index (χ4v) is 0.625. The summed E-state index contributed by atoms with van der Waals surface area (Å²) >= 11 is 0. The van der Waals surface area contributed by atoms with Crippen LogP contribution in [0.25, 0.3) is 0 Å². The van der Waals surface area contributed by atoms with Crippen LogP contribution in [-0.2, 0) is 4.74 Å². The van der Waals surface area contributed by atoms with Crippen LogP contribution in [0.5, 0.6) is 0 Å². The van der Waals surface area contributed by atoms with Gasteiger partial charge >= 0.3 is 6.09 Å². The molecule has 60 valence electrons. The van der Waals surface area contributed by atoms with Crippen molar-refractivity contribution in [3.63, 3.8) is 0 Å². The second kappa shape index (κ2) is 5.48. The zero-order chi connectivity index (χ0) is 7.98. The average Bonchev–Trinajstić information content (AvgIpc) is 1.98. The summed E-state index contributed by atoms with van der Waals surface area (Å²) in [4.78, 5) is 10.8. The Bertz CT molecular complexity index is 108. The largest absolute Gasteiger partial charge is 0.449 e. The molecule has 0 aliphatic heterocycles. The van der Waals surface area contributed by atoms with E-state index in [1.54, 1.807) is 11.7 Å². The van der Waals surface area contributed by atoms with Gasteiger partial charge in [0.15, 0.2) is 0 Å². The van der Waals surface area contributed by atoms with Crippen LogP contribution < -0.4 is 0 Å².